The minimum atomic E-state index is -4.76. The summed E-state index contributed by atoms with van der Waals surface area (Å²) in [6.07, 6.45) is -2.88. The monoisotopic (exact) mass is 364 g/mol. The van der Waals surface area contributed by atoms with E-state index in [2.05, 4.69) is 4.74 Å². The summed E-state index contributed by atoms with van der Waals surface area (Å²) in [5.74, 6) is -0.408. The van der Waals surface area contributed by atoms with E-state index in [9.17, 15) is 18.0 Å². The lowest BCUT2D eigenvalue weighted by Crippen LogP contribution is -2.35. The zero-order valence-corrected chi connectivity index (χ0v) is 14.1. The summed E-state index contributed by atoms with van der Waals surface area (Å²) in [5, 5.41) is 0. The van der Waals surface area contributed by atoms with Crippen LogP contribution >= 0.6 is 0 Å². The van der Waals surface area contributed by atoms with Gasteiger partial charge in [-0.25, -0.2) is 0 Å². The van der Waals surface area contributed by atoms with Crippen LogP contribution in [0.2, 0.25) is 0 Å². The maximum Gasteiger partial charge on any atom is 0.573 e. The maximum atomic E-state index is 12.7. The molecule has 2 aromatic carbocycles. The fourth-order valence-corrected chi connectivity index (χ4v) is 3.22. The van der Waals surface area contributed by atoms with Crippen LogP contribution in [0.3, 0.4) is 0 Å². The summed E-state index contributed by atoms with van der Waals surface area (Å²) in [7, 11) is 0. The lowest BCUT2D eigenvalue weighted by atomic mass is 9.99. The number of carbonyl (C=O) groups is 1. The number of anilines is 2. The molecule has 0 radical (unpaired) electrons. The molecule has 26 heavy (non-hydrogen) atoms. The van der Waals surface area contributed by atoms with Crippen LogP contribution in [0.5, 0.6) is 5.75 Å². The Hall–Kier alpha value is -2.70. The zero-order chi connectivity index (χ0) is 18.7. The van der Waals surface area contributed by atoms with E-state index in [1.807, 2.05) is 6.07 Å². The first-order valence-corrected chi connectivity index (χ1v) is 8.36. The molecule has 0 saturated carbocycles. The van der Waals surface area contributed by atoms with Crippen molar-refractivity contribution < 1.29 is 22.7 Å². The molecule has 3 rings (SSSR count). The molecule has 1 amide bonds. The molecule has 0 aromatic heterocycles. The van der Waals surface area contributed by atoms with Gasteiger partial charge in [0.2, 0.25) is 5.91 Å². The summed E-state index contributed by atoms with van der Waals surface area (Å²) in [6.45, 7) is 0.579. The third-order valence-electron chi connectivity index (χ3n) is 4.39. The highest BCUT2D eigenvalue weighted by molar-refractivity contribution is 5.95. The van der Waals surface area contributed by atoms with Gasteiger partial charge in [-0.3, -0.25) is 4.79 Å². The van der Waals surface area contributed by atoms with Crippen molar-refractivity contribution in [2.45, 2.75) is 32.0 Å². The zero-order valence-electron chi connectivity index (χ0n) is 14.1. The predicted octanol–water partition coefficient (Wildman–Crippen LogP) is 4.08. The quantitative estimate of drug-likeness (QED) is 0.832. The summed E-state index contributed by atoms with van der Waals surface area (Å²) < 4.78 is 41.6. The molecule has 0 unspecified atom stereocenters. The molecular formula is C19H19F3N2O2. The molecule has 2 aromatic rings. The van der Waals surface area contributed by atoms with E-state index in [-0.39, 0.29) is 24.5 Å². The number of amides is 1. The SMILES string of the molecule is Nc1cccc2c1CCCN2C(=O)CCc1ccccc1OC(F)(F)F. The maximum absolute atomic E-state index is 12.7. The second-order valence-corrected chi connectivity index (χ2v) is 6.15. The predicted molar refractivity (Wildman–Crippen MR) is 93.0 cm³/mol. The number of para-hydroxylation sites is 1. The van der Waals surface area contributed by atoms with E-state index in [0.717, 1.165) is 24.1 Å². The van der Waals surface area contributed by atoms with Crippen LogP contribution in [0, 0.1) is 0 Å². The fourth-order valence-electron chi connectivity index (χ4n) is 3.22. The molecule has 2 N–H and O–H groups in total. The molecular weight excluding hydrogens is 345 g/mol. The van der Waals surface area contributed by atoms with Crippen molar-refractivity contribution in [2.75, 3.05) is 17.2 Å². The second-order valence-electron chi connectivity index (χ2n) is 6.15. The van der Waals surface area contributed by atoms with E-state index < -0.39 is 6.36 Å². The van der Waals surface area contributed by atoms with Gasteiger partial charge in [-0.15, -0.1) is 13.2 Å². The molecule has 0 aliphatic carbocycles. The Labute approximate surface area is 149 Å². The highest BCUT2D eigenvalue weighted by Gasteiger charge is 2.32. The van der Waals surface area contributed by atoms with Gasteiger partial charge in [0.05, 0.1) is 0 Å². The van der Waals surface area contributed by atoms with Gasteiger partial charge in [0.25, 0.3) is 0 Å². The van der Waals surface area contributed by atoms with E-state index in [1.54, 1.807) is 23.1 Å². The topological polar surface area (TPSA) is 55.6 Å². The minimum absolute atomic E-state index is 0.0898. The number of ether oxygens (including phenoxy) is 1. The van der Waals surface area contributed by atoms with Crippen molar-refractivity contribution in [1.82, 2.24) is 0 Å². The lowest BCUT2D eigenvalue weighted by molar-refractivity contribution is -0.274. The Bertz CT molecular complexity index is 806. The first kappa shape index (κ1) is 18.1. The first-order chi connectivity index (χ1) is 12.3. The van der Waals surface area contributed by atoms with Crippen molar-refractivity contribution in [3.63, 3.8) is 0 Å². The molecule has 1 aliphatic rings. The number of nitrogen functional groups attached to an aromatic ring is 1. The van der Waals surface area contributed by atoms with Gasteiger partial charge in [0, 0.05) is 24.3 Å². The molecule has 1 aliphatic heterocycles. The van der Waals surface area contributed by atoms with Crippen LogP contribution in [0.25, 0.3) is 0 Å². The number of carbonyl (C=O) groups excluding carboxylic acids is 1. The fraction of sp³-hybridized carbons (Fsp3) is 0.316. The number of rotatable bonds is 4. The average molecular weight is 364 g/mol. The Balaban J connectivity index is 1.72. The number of halogens is 3. The van der Waals surface area contributed by atoms with Crippen molar-refractivity contribution in [2.24, 2.45) is 0 Å². The Morgan fingerprint density at radius 3 is 2.69 bits per heavy atom. The largest absolute Gasteiger partial charge is 0.573 e. The third kappa shape index (κ3) is 4.09. The van der Waals surface area contributed by atoms with Crippen molar-refractivity contribution in [1.29, 1.82) is 0 Å². The molecule has 138 valence electrons. The van der Waals surface area contributed by atoms with Crippen LogP contribution in [0.1, 0.15) is 24.0 Å². The summed E-state index contributed by atoms with van der Waals surface area (Å²) in [4.78, 5) is 14.3. The van der Waals surface area contributed by atoms with Crippen molar-refractivity contribution in [3.05, 3.63) is 53.6 Å². The third-order valence-corrected chi connectivity index (χ3v) is 4.39. The molecule has 7 heteroatoms. The average Bonchev–Trinajstić information content (AvgIpc) is 2.59. The van der Waals surface area contributed by atoms with Crippen LogP contribution < -0.4 is 15.4 Å². The Morgan fingerprint density at radius 2 is 1.92 bits per heavy atom. The van der Waals surface area contributed by atoms with Gasteiger partial charge in [0.1, 0.15) is 5.75 Å². The van der Waals surface area contributed by atoms with E-state index in [0.29, 0.717) is 17.8 Å². The van der Waals surface area contributed by atoms with Gasteiger partial charge in [-0.05, 0) is 48.6 Å². The van der Waals surface area contributed by atoms with Gasteiger partial charge in [-0.1, -0.05) is 24.3 Å². The summed E-state index contributed by atoms with van der Waals surface area (Å²) in [6, 6.07) is 11.3. The number of nitrogens with zero attached hydrogens (tertiary/aromatic N) is 1. The molecule has 0 fully saturated rings. The minimum Gasteiger partial charge on any atom is -0.406 e. The number of alkyl halides is 3. The van der Waals surface area contributed by atoms with Crippen LogP contribution in [-0.4, -0.2) is 18.8 Å². The van der Waals surface area contributed by atoms with Crippen LogP contribution in [0.15, 0.2) is 42.5 Å². The van der Waals surface area contributed by atoms with E-state index in [4.69, 9.17) is 5.73 Å². The number of fused-ring (bicyclic) bond motifs is 1. The van der Waals surface area contributed by atoms with Gasteiger partial charge in [0.15, 0.2) is 0 Å². The molecule has 0 atom stereocenters. The van der Waals surface area contributed by atoms with E-state index in [1.165, 1.54) is 18.2 Å². The Morgan fingerprint density at radius 1 is 1.15 bits per heavy atom. The van der Waals surface area contributed by atoms with Gasteiger partial charge in [-0.2, -0.15) is 0 Å². The van der Waals surface area contributed by atoms with Crippen LogP contribution in [0.4, 0.5) is 24.5 Å². The van der Waals surface area contributed by atoms with Gasteiger partial charge < -0.3 is 15.4 Å². The summed E-state index contributed by atoms with van der Waals surface area (Å²) >= 11 is 0. The number of nitrogens with two attached hydrogens (primary N) is 1. The standard InChI is InChI=1S/C19H19F3N2O2/c20-19(21,22)26-17-9-2-1-5-13(17)10-11-18(25)24-12-4-6-14-15(23)7-3-8-16(14)24/h1-3,5,7-9H,4,6,10-12,23H2. The molecule has 1 heterocycles. The van der Waals surface area contributed by atoms with Crippen LogP contribution in [-0.2, 0) is 17.6 Å². The van der Waals surface area contributed by atoms with Gasteiger partial charge >= 0.3 is 6.36 Å². The number of benzene rings is 2. The number of hydrogen-bond acceptors (Lipinski definition) is 3. The van der Waals surface area contributed by atoms with Crippen molar-refractivity contribution >= 4 is 17.3 Å². The first-order valence-electron chi connectivity index (χ1n) is 8.36. The Kier molecular flexibility index (Phi) is 5.06. The second kappa shape index (κ2) is 7.27. The van der Waals surface area contributed by atoms with E-state index >= 15 is 0 Å². The highest BCUT2D eigenvalue weighted by Crippen LogP contribution is 2.32. The molecule has 0 spiro atoms. The highest BCUT2D eigenvalue weighted by atomic mass is 19.4. The molecule has 0 saturated heterocycles. The summed E-state index contributed by atoms with van der Waals surface area (Å²) in [5.41, 5.74) is 8.74. The number of aryl methyl sites for hydroxylation is 1. The number of hydrogen-bond donors (Lipinski definition) is 1. The normalized spacial score (nSPS) is 14.0. The smallest absolute Gasteiger partial charge is 0.406 e. The molecule has 0 bridgehead atoms. The molecule has 4 nitrogen and oxygen atoms in total. The van der Waals surface area contributed by atoms with Crippen molar-refractivity contribution in [3.8, 4) is 5.75 Å². The lowest BCUT2D eigenvalue weighted by Gasteiger charge is -2.30.